The van der Waals surface area contributed by atoms with Gasteiger partial charge in [-0.2, -0.15) is 5.10 Å². The van der Waals surface area contributed by atoms with Crippen molar-refractivity contribution in [1.29, 1.82) is 0 Å². The van der Waals surface area contributed by atoms with E-state index in [2.05, 4.69) is 15.8 Å². The van der Waals surface area contributed by atoms with Crippen LogP contribution in [0.2, 0.25) is 0 Å². The summed E-state index contributed by atoms with van der Waals surface area (Å²) < 4.78 is 0. The molecule has 0 aliphatic rings. The van der Waals surface area contributed by atoms with Gasteiger partial charge in [0.05, 0.1) is 6.21 Å². The first-order chi connectivity index (χ1) is 10.1. The van der Waals surface area contributed by atoms with E-state index < -0.39 is 11.8 Å². The summed E-state index contributed by atoms with van der Waals surface area (Å²) >= 11 is 0. The summed E-state index contributed by atoms with van der Waals surface area (Å²) in [6, 6.07) is 14.9. The van der Waals surface area contributed by atoms with E-state index in [1.165, 1.54) is 18.3 Å². The van der Waals surface area contributed by atoms with Crippen LogP contribution in [0.5, 0.6) is 5.75 Å². The normalized spacial score (nSPS) is 10.3. The minimum Gasteiger partial charge on any atom is -0.508 e. The number of hydrogen-bond donors (Lipinski definition) is 3. The number of phenols is 1. The third kappa shape index (κ3) is 4.46. The van der Waals surface area contributed by atoms with Crippen LogP contribution >= 0.6 is 0 Å². The third-order valence-corrected chi connectivity index (χ3v) is 2.51. The highest BCUT2D eigenvalue weighted by molar-refractivity contribution is 6.39. The molecule has 6 heteroatoms. The lowest BCUT2D eigenvalue weighted by molar-refractivity contribution is -0.136. The number of para-hydroxylation sites is 1. The van der Waals surface area contributed by atoms with Crippen LogP contribution in [0.4, 0.5) is 5.69 Å². The van der Waals surface area contributed by atoms with Crippen molar-refractivity contribution in [1.82, 2.24) is 5.43 Å². The van der Waals surface area contributed by atoms with E-state index >= 15 is 0 Å². The molecule has 3 N–H and O–H groups in total. The highest BCUT2D eigenvalue weighted by Crippen LogP contribution is 2.07. The van der Waals surface area contributed by atoms with E-state index in [1.54, 1.807) is 42.5 Å². The van der Waals surface area contributed by atoms with E-state index in [0.717, 1.165) is 0 Å². The van der Waals surface area contributed by atoms with Gasteiger partial charge in [-0.3, -0.25) is 9.59 Å². The molecular formula is C15H13N3O3. The van der Waals surface area contributed by atoms with Gasteiger partial charge in [-0.1, -0.05) is 18.2 Å². The molecule has 2 rings (SSSR count). The van der Waals surface area contributed by atoms with Crippen molar-refractivity contribution in [2.45, 2.75) is 0 Å². The molecule has 0 spiro atoms. The molecule has 0 heterocycles. The number of nitrogens with zero attached hydrogens (tertiary/aromatic N) is 1. The quantitative estimate of drug-likeness (QED) is 0.452. The number of aromatic hydroxyl groups is 1. The maximum absolute atomic E-state index is 11.6. The average Bonchev–Trinajstić information content (AvgIpc) is 2.50. The Morgan fingerprint density at radius 1 is 0.952 bits per heavy atom. The van der Waals surface area contributed by atoms with Gasteiger partial charge in [-0.15, -0.1) is 0 Å². The predicted octanol–water partition coefficient (Wildman–Crippen LogP) is 1.48. The predicted molar refractivity (Wildman–Crippen MR) is 78.9 cm³/mol. The van der Waals surface area contributed by atoms with Crippen LogP contribution in [-0.4, -0.2) is 23.1 Å². The van der Waals surface area contributed by atoms with E-state index in [1.807, 2.05) is 0 Å². The Morgan fingerprint density at radius 2 is 1.62 bits per heavy atom. The fraction of sp³-hybridized carbons (Fsp3) is 0. The van der Waals surface area contributed by atoms with Crippen LogP contribution in [0.1, 0.15) is 5.56 Å². The van der Waals surface area contributed by atoms with Gasteiger partial charge in [0.25, 0.3) is 0 Å². The number of nitrogens with one attached hydrogen (secondary N) is 2. The van der Waals surface area contributed by atoms with Crippen molar-refractivity contribution in [2.75, 3.05) is 5.32 Å². The third-order valence-electron chi connectivity index (χ3n) is 2.51. The molecule has 0 fully saturated rings. The van der Waals surface area contributed by atoms with Gasteiger partial charge in [0.15, 0.2) is 0 Å². The van der Waals surface area contributed by atoms with Crippen molar-refractivity contribution in [3.63, 3.8) is 0 Å². The molecule has 106 valence electrons. The van der Waals surface area contributed by atoms with Crippen LogP contribution in [0.15, 0.2) is 59.7 Å². The van der Waals surface area contributed by atoms with Crippen LogP contribution in [0.25, 0.3) is 0 Å². The van der Waals surface area contributed by atoms with Gasteiger partial charge in [0.2, 0.25) is 0 Å². The summed E-state index contributed by atoms with van der Waals surface area (Å²) in [5, 5.41) is 15.2. The van der Waals surface area contributed by atoms with Gasteiger partial charge in [0.1, 0.15) is 5.75 Å². The fourth-order valence-corrected chi connectivity index (χ4v) is 1.49. The molecule has 0 saturated heterocycles. The van der Waals surface area contributed by atoms with E-state index in [0.29, 0.717) is 11.3 Å². The molecule has 0 aliphatic carbocycles. The molecular weight excluding hydrogens is 270 g/mol. The highest BCUT2D eigenvalue weighted by atomic mass is 16.3. The molecule has 0 bridgehead atoms. The van der Waals surface area contributed by atoms with Crippen molar-refractivity contribution in [3.8, 4) is 5.75 Å². The summed E-state index contributed by atoms with van der Waals surface area (Å²) in [5.74, 6) is -1.53. The lowest BCUT2D eigenvalue weighted by atomic mass is 10.2. The summed E-state index contributed by atoms with van der Waals surface area (Å²) in [7, 11) is 0. The Labute approximate surface area is 121 Å². The molecule has 0 aromatic heterocycles. The first-order valence-electron chi connectivity index (χ1n) is 6.13. The minimum absolute atomic E-state index is 0.137. The Kier molecular flexibility index (Phi) is 4.66. The van der Waals surface area contributed by atoms with Gasteiger partial charge >= 0.3 is 11.8 Å². The molecule has 6 nitrogen and oxygen atoms in total. The summed E-state index contributed by atoms with van der Waals surface area (Å²) in [5.41, 5.74) is 3.33. The molecule has 2 aromatic rings. The van der Waals surface area contributed by atoms with Crippen LogP contribution < -0.4 is 10.7 Å². The zero-order valence-electron chi connectivity index (χ0n) is 11.0. The number of hydrogen-bond acceptors (Lipinski definition) is 4. The van der Waals surface area contributed by atoms with Crippen molar-refractivity contribution < 1.29 is 14.7 Å². The number of phenolic OH excluding ortho intramolecular Hbond substituents is 1. The molecule has 2 aromatic carbocycles. The Balaban J connectivity index is 1.86. The van der Waals surface area contributed by atoms with Crippen LogP contribution in [0.3, 0.4) is 0 Å². The standard InChI is InChI=1S/C15H13N3O3/c19-13-8-6-11(7-9-13)10-16-18-15(21)14(20)17-12-4-2-1-3-5-12/h1-10,19H,(H,17,20)(H,18,21). The minimum atomic E-state index is -0.867. The van der Waals surface area contributed by atoms with Crippen LogP contribution in [0, 0.1) is 0 Å². The fourth-order valence-electron chi connectivity index (χ4n) is 1.49. The summed E-state index contributed by atoms with van der Waals surface area (Å²) in [6.45, 7) is 0. The maximum atomic E-state index is 11.6. The van der Waals surface area contributed by atoms with Crippen molar-refractivity contribution >= 4 is 23.7 Å². The van der Waals surface area contributed by atoms with Gasteiger partial charge in [0, 0.05) is 5.69 Å². The second kappa shape index (κ2) is 6.85. The number of hydrazone groups is 1. The second-order valence-electron chi connectivity index (χ2n) is 4.11. The molecule has 0 unspecified atom stereocenters. The Hall–Kier alpha value is -3.15. The largest absolute Gasteiger partial charge is 0.508 e. The van der Waals surface area contributed by atoms with Crippen LogP contribution in [-0.2, 0) is 9.59 Å². The Morgan fingerprint density at radius 3 is 2.29 bits per heavy atom. The van der Waals surface area contributed by atoms with Gasteiger partial charge in [-0.25, -0.2) is 5.43 Å². The number of benzene rings is 2. The highest BCUT2D eigenvalue weighted by Gasteiger charge is 2.12. The van der Waals surface area contributed by atoms with E-state index in [4.69, 9.17) is 5.11 Å². The Bertz CT molecular complexity index is 652. The topological polar surface area (TPSA) is 90.8 Å². The summed E-state index contributed by atoms with van der Waals surface area (Å²) in [6.07, 6.45) is 1.37. The van der Waals surface area contributed by atoms with Gasteiger partial charge in [-0.05, 0) is 42.0 Å². The first kappa shape index (κ1) is 14.3. The molecule has 0 radical (unpaired) electrons. The monoisotopic (exact) mass is 283 g/mol. The number of carbonyl (C=O) groups is 2. The zero-order chi connectivity index (χ0) is 15.1. The number of carbonyl (C=O) groups excluding carboxylic acids is 2. The van der Waals surface area contributed by atoms with E-state index in [-0.39, 0.29) is 5.75 Å². The molecule has 2 amide bonds. The van der Waals surface area contributed by atoms with Gasteiger partial charge < -0.3 is 10.4 Å². The molecule has 0 aliphatic heterocycles. The number of anilines is 1. The molecule has 21 heavy (non-hydrogen) atoms. The van der Waals surface area contributed by atoms with Crippen molar-refractivity contribution in [2.24, 2.45) is 5.10 Å². The van der Waals surface area contributed by atoms with Crippen molar-refractivity contribution in [3.05, 3.63) is 60.2 Å². The first-order valence-corrected chi connectivity index (χ1v) is 6.13. The molecule has 0 atom stereocenters. The van der Waals surface area contributed by atoms with E-state index in [9.17, 15) is 9.59 Å². The smallest absolute Gasteiger partial charge is 0.329 e. The molecule has 0 saturated carbocycles. The SMILES string of the molecule is O=C(NN=Cc1ccc(O)cc1)C(=O)Nc1ccccc1. The lowest BCUT2D eigenvalue weighted by Crippen LogP contribution is -2.32. The number of amides is 2. The summed E-state index contributed by atoms with van der Waals surface area (Å²) in [4.78, 5) is 23.1. The number of rotatable bonds is 3. The second-order valence-corrected chi connectivity index (χ2v) is 4.11. The zero-order valence-corrected chi connectivity index (χ0v) is 11.0. The average molecular weight is 283 g/mol. The maximum Gasteiger partial charge on any atom is 0.329 e. The lowest BCUT2D eigenvalue weighted by Gasteiger charge is -2.02.